The molecule has 0 aromatic heterocycles. The third-order valence-corrected chi connectivity index (χ3v) is 3.28. The zero-order chi connectivity index (χ0) is 14.5. The number of benzene rings is 1. The van der Waals surface area contributed by atoms with E-state index in [1.54, 1.807) is 18.2 Å². The lowest BCUT2D eigenvalue weighted by Crippen LogP contribution is -2.23. The maximum atomic E-state index is 11.8. The molecule has 1 aromatic carbocycles. The molecule has 0 radical (unpaired) electrons. The molecule has 0 atom stereocenters. The molecule has 20 heavy (non-hydrogen) atoms. The number of anilines is 1. The summed E-state index contributed by atoms with van der Waals surface area (Å²) in [4.78, 5) is 23.2. The number of hydrogen-bond acceptors (Lipinski definition) is 4. The molecule has 0 saturated heterocycles. The minimum absolute atomic E-state index is 0.0212. The molecule has 5 nitrogen and oxygen atoms in total. The van der Waals surface area contributed by atoms with E-state index >= 15 is 0 Å². The van der Waals surface area contributed by atoms with Crippen LogP contribution in [-0.2, 0) is 9.53 Å². The highest BCUT2D eigenvalue weighted by molar-refractivity contribution is 5.94. The molecule has 1 amide bonds. The minimum atomic E-state index is -0.375. The van der Waals surface area contributed by atoms with E-state index in [4.69, 9.17) is 0 Å². The van der Waals surface area contributed by atoms with E-state index in [1.807, 2.05) is 6.92 Å². The van der Waals surface area contributed by atoms with Crippen LogP contribution in [0.4, 0.5) is 5.69 Å². The monoisotopic (exact) mass is 276 g/mol. The number of carbonyl (C=O) groups is 2. The smallest absolute Gasteiger partial charge is 0.337 e. The standard InChI is InChI=1S/C15H20N2O3/c1-10-9-11(15(19)20-2)3-6-13(10)17-14(18)7-8-16-12-4-5-12/h3,6,9,12,16H,4-5,7-8H2,1-2H3,(H,17,18). The van der Waals surface area contributed by atoms with Crippen molar-refractivity contribution in [2.45, 2.75) is 32.2 Å². The number of amides is 1. The SMILES string of the molecule is COC(=O)c1ccc(NC(=O)CCNC2CC2)c(C)c1. The summed E-state index contributed by atoms with van der Waals surface area (Å²) in [5, 5.41) is 6.15. The number of methoxy groups -OCH3 is 1. The third kappa shape index (κ3) is 4.06. The van der Waals surface area contributed by atoms with E-state index in [9.17, 15) is 9.59 Å². The van der Waals surface area contributed by atoms with E-state index in [-0.39, 0.29) is 11.9 Å². The van der Waals surface area contributed by atoms with Crippen molar-refractivity contribution in [2.24, 2.45) is 0 Å². The lowest BCUT2D eigenvalue weighted by atomic mass is 10.1. The first-order chi connectivity index (χ1) is 9.60. The number of nitrogens with one attached hydrogen (secondary N) is 2. The first-order valence-electron chi connectivity index (χ1n) is 6.82. The lowest BCUT2D eigenvalue weighted by Gasteiger charge is -2.10. The lowest BCUT2D eigenvalue weighted by molar-refractivity contribution is -0.116. The van der Waals surface area contributed by atoms with Gasteiger partial charge >= 0.3 is 5.97 Å². The van der Waals surface area contributed by atoms with Crippen LogP contribution in [0.2, 0.25) is 0 Å². The van der Waals surface area contributed by atoms with Crippen LogP contribution < -0.4 is 10.6 Å². The van der Waals surface area contributed by atoms with Gasteiger partial charge in [0.05, 0.1) is 12.7 Å². The fourth-order valence-electron chi connectivity index (χ4n) is 1.94. The van der Waals surface area contributed by atoms with Gasteiger partial charge in [0, 0.05) is 24.7 Å². The highest BCUT2D eigenvalue weighted by Crippen LogP contribution is 2.19. The molecule has 0 spiro atoms. The minimum Gasteiger partial charge on any atom is -0.465 e. The zero-order valence-electron chi connectivity index (χ0n) is 11.9. The Morgan fingerprint density at radius 1 is 1.35 bits per heavy atom. The Balaban J connectivity index is 1.87. The van der Waals surface area contributed by atoms with Crippen LogP contribution >= 0.6 is 0 Å². The van der Waals surface area contributed by atoms with Gasteiger partial charge in [0.15, 0.2) is 0 Å². The van der Waals surface area contributed by atoms with Crippen molar-refractivity contribution in [3.63, 3.8) is 0 Å². The fourth-order valence-corrected chi connectivity index (χ4v) is 1.94. The molecule has 2 N–H and O–H groups in total. The second-order valence-electron chi connectivity index (χ2n) is 5.05. The summed E-state index contributed by atoms with van der Waals surface area (Å²) in [6, 6.07) is 5.71. The van der Waals surface area contributed by atoms with Crippen molar-refractivity contribution >= 4 is 17.6 Å². The summed E-state index contributed by atoms with van der Waals surface area (Å²) < 4.78 is 4.66. The van der Waals surface area contributed by atoms with Crippen molar-refractivity contribution in [3.8, 4) is 0 Å². The Bertz CT molecular complexity index is 510. The Hall–Kier alpha value is -1.88. The van der Waals surface area contributed by atoms with Crippen LogP contribution in [0.15, 0.2) is 18.2 Å². The number of ether oxygens (including phenoxy) is 1. The van der Waals surface area contributed by atoms with Gasteiger partial charge in [-0.2, -0.15) is 0 Å². The van der Waals surface area contributed by atoms with E-state index in [0.29, 0.717) is 24.6 Å². The van der Waals surface area contributed by atoms with Crippen molar-refractivity contribution in [3.05, 3.63) is 29.3 Å². The first-order valence-corrected chi connectivity index (χ1v) is 6.82. The van der Waals surface area contributed by atoms with Crippen molar-refractivity contribution < 1.29 is 14.3 Å². The molecule has 5 heteroatoms. The molecule has 108 valence electrons. The third-order valence-electron chi connectivity index (χ3n) is 3.28. The van der Waals surface area contributed by atoms with Gasteiger partial charge in [-0.05, 0) is 43.5 Å². The van der Waals surface area contributed by atoms with E-state index < -0.39 is 0 Å². The molecule has 0 heterocycles. The number of esters is 1. The highest BCUT2D eigenvalue weighted by atomic mass is 16.5. The van der Waals surface area contributed by atoms with E-state index in [2.05, 4.69) is 15.4 Å². The molecule has 1 saturated carbocycles. The summed E-state index contributed by atoms with van der Waals surface area (Å²) in [5.74, 6) is -0.397. The maximum absolute atomic E-state index is 11.8. The Labute approximate surface area is 118 Å². The Kier molecular flexibility index (Phi) is 4.74. The summed E-state index contributed by atoms with van der Waals surface area (Å²) in [6.45, 7) is 2.56. The Morgan fingerprint density at radius 3 is 2.70 bits per heavy atom. The number of rotatable bonds is 6. The molecule has 2 rings (SSSR count). The van der Waals surface area contributed by atoms with Gasteiger partial charge in [-0.1, -0.05) is 0 Å². The van der Waals surface area contributed by atoms with Gasteiger partial charge < -0.3 is 15.4 Å². The molecular formula is C15H20N2O3. The predicted octanol–water partition coefficient (Wildman–Crippen LogP) is 1.86. The normalized spacial score (nSPS) is 13.9. The van der Waals surface area contributed by atoms with Crippen molar-refractivity contribution in [2.75, 3.05) is 19.0 Å². The summed E-state index contributed by atoms with van der Waals surface area (Å²) >= 11 is 0. The highest BCUT2D eigenvalue weighted by Gasteiger charge is 2.20. The molecule has 0 aliphatic heterocycles. The van der Waals surface area contributed by atoms with Gasteiger partial charge in [0.25, 0.3) is 0 Å². The summed E-state index contributed by atoms with van der Waals surface area (Å²) in [7, 11) is 1.35. The van der Waals surface area contributed by atoms with Crippen LogP contribution in [0.25, 0.3) is 0 Å². The van der Waals surface area contributed by atoms with Gasteiger partial charge in [-0.25, -0.2) is 4.79 Å². The topological polar surface area (TPSA) is 67.4 Å². The summed E-state index contributed by atoms with van der Waals surface area (Å²) in [6.07, 6.45) is 2.89. The average Bonchev–Trinajstić information content (AvgIpc) is 3.24. The number of hydrogen-bond donors (Lipinski definition) is 2. The van der Waals surface area contributed by atoms with Crippen molar-refractivity contribution in [1.82, 2.24) is 5.32 Å². The quantitative estimate of drug-likeness (QED) is 0.778. The van der Waals surface area contributed by atoms with Gasteiger partial charge in [-0.15, -0.1) is 0 Å². The largest absolute Gasteiger partial charge is 0.465 e. The van der Waals surface area contributed by atoms with Gasteiger partial charge in [0.1, 0.15) is 0 Å². The zero-order valence-corrected chi connectivity index (χ0v) is 11.9. The second kappa shape index (κ2) is 6.52. The predicted molar refractivity (Wildman–Crippen MR) is 76.8 cm³/mol. The molecule has 1 aromatic rings. The maximum Gasteiger partial charge on any atom is 0.337 e. The fraction of sp³-hybridized carbons (Fsp3) is 0.467. The molecule has 0 bridgehead atoms. The Morgan fingerprint density at radius 2 is 2.10 bits per heavy atom. The van der Waals surface area contributed by atoms with E-state index in [0.717, 1.165) is 11.3 Å². The van der Waals surface area contributed by atoms with Crippen LogP contribution in [0, 0.1) is 6.92 Å². The molecular weight excluding hydrogens is 256 g/mol. The average molecular weight is 276 g/mol. The van der Waals surface area contributed by atoms with Crippen molar-refractivity contribution in [1.29, 1.82) is 0 Å². The number of carbonyl (C=O) groups excluding carboxylic acids is 2. The van der Waals surface area contributed by atoms with Gasteiger partial charge in [-0.3, -0.25) is 4.79 Å². The summed E-state index contributed by atoms with van der Waals surface area (Å²) in [5.41, 5.74) is 2.06. The van der Waals surface area contributed by atoms with Crippen LogP contribution in [0.1, 0.15) is 35.2 Å². The van der Waals surface area contributed by atoms with Crippen LogP contribution in [0.3, 0.4) is 0 Å². The molecule has 1 aliphatic rings. The van der Waals surface area contributed by atoms with Crippen LogP contribution in [0.5, 0.6) is 0 Å². The number of aryl methyl sites for hydroxylation is 1. The first kappa shape index (κ1) is 14.5. The van der Waals surface area contributed by atoms with E-state index in [1.165, 1.54) is 20.0 Å². The van der Waals surface area contributed by atoms with Crippen LogP contribution in [-0.4, -0.2) is 31.6 Å². The molecule has 1 fully saturated rings. The second-order valence-corrected chi connectivity index (χ2v) is 5.05. The van der Waals surface area contributed by atoms with Gasteiger partial charge in [0.2, 0.25) is 5.91 Å². The molecule has 0 unspecified atom stereocenters. The molecule has 1 aliphatic carbocycles.